The number of pyridine rings is 1. The van der Waals surface area contributed by atoms with Gasteiger partial charge in [-0.15, -0.1) is 0 Å². The smallest absolute Gasteiger partial charge is 0.147 e. The van der Waals surface area contributed by atoms with Crippen LogP contribution in [-0.2, 0) is 0 Å². The maximum absolute atomic E-state index is 9.41. The standard InChI is InChI=1S/C15H22N4OS/c1-3-12(4-2)19(9-10-20)15-13(14(16)18-21-15)11-5-7-17-8-6-11/h5-8,12,20H,3-4,9-10H2,1-2H3,(H2,16,18). The Hall–Kier alpha value is -1.66. The van der Waals surface area contributed by atoms with E-state index in [9.17, 15) is 5.11 Å². The fourth-order valence-electron chi connectivity index (χ4n) is 2.57. The van der Waals surface area contributed by atoms with Crippen molar-refractivity contribution in [1.82, 2.24) is 9.36 Å². The van der Waals surface area contributed by atoms with Gasteiger partial charge < -0.3 is 15.7 Å². The zero-order valence-corrected chi connectivity index (χ0v) is 13.3. The fourth-order valence-corrected chi connectivity index (χ4v) is 3.50. The van der Waals surface area contributed by atoms with Crippen molar-refractivity contribution < 1.29 is 5.11 Å². The molecule has 0 spiro atoms. The first-order valence-electron chi connectivity index (χ1n) is 7.25. The summed E-state index contributed by atoms with van der Waals surface area (Å²) in [5.74, 6) is 0.537. The summed E-state index contributed by atoms with van der Waals surface area (Å²) in [6, 6.07) is 4.25. The number of aromatic nitrogens is 2. The Bertz CT molecular complexity index is 554. The molecule has 21 heavy (non-hydrogen) atoms. The Balaban J connectivity index is 2.47. The Morgan fingerprint density at radius 3 is 2.52 bits per heavy atom. The third-order valence-electron chi connectivity index (χ3n) is 3.65. The largest absolute Gasteiger partial charge is 0.395 e. The molecule has 6 heteroatoms. The van der Waals surface area contributed by atoms with E-state index in [1.165, 1.54) is 11.5 Å². The summed E-state index contributed by atoms with van der Waals surface area (Å²) in [4.78, 5) is 6.28. The van der Waals surface area contributed by atoms with E-state index in [0.29, 0.717) is 18.4 Å². The summed E-state index contributed by atoms with van der Waals surface area (Å²) in [5.41, 5.74) is 8.04. The van der Waals surface area contributed by atoms with Crippen LogP contribution in [0.15, 0.2) is 24.5 Å². The van der Waals surface area contributed by atoms with Gasteiger partial charge >= 0.3 is 0 Å². The number of anilines is 2. The summed E-state index contributed by atoms with van der Waals surface area (Å²) >= 11 is 1.40. The second-order valence-electron chi connectivity index (χ2n) is 4.87. The molecule has 0 aliphatic rings. The average molecular weight is 306 g/mol. The molecule has 0 amide bonds. The molecule has 114 valence electrons. The highest BCUT2D eigenvalue weighted by molar-refractivity contribution is 7.11. The van der Waals surface area contributed by atoms with Crippen molar-refractivity contribution >= 4 is 22.4 Å². The predicted molar refractivity (Wildman–Crippen MR) is 88.6 cm³/mol. The highest BCUT2D eigenvalue weighted by Gasteiger charge is 2.23. The van der Waals surface area contributed by atoms with Crippen LogP contribution in [0.4, 0.5) is 10.8 Å². The normalized spacial score (nSPS) is 11.0. The van der Waals surface area contributed by atoms with Crippen LogP contribution >= 0.6 is 11.5 Å². The van der Waals surface area contributed by atoms with Gasteiger partial charge in [-0.25, -0.2) is 0 Å². The molecule has 0 saturated carbocycles. The van der Waals surface area contributed by atoms with Crippen LogP contribution in [-0.4, -0.2) is 33.7 Å². The molecule has 0 unspecified atom stereocenters. The molecule has 0 radical (unpaired) electrons. The third-order valence-corrected chi connectivity index (χ3v) is 4.55. The van der Waals surface area contributed by atoms with Crippen LogP contribution in [0.5, 0.6) is 0 Å². The van der Waals surface area contributed by atoms with E-state index in [4.69, 9.17) is 5.73 Å². The lowest BCUT2D eigenvalue weighted by atomic mass is 10.1. The molecular formula is C15H22N4OS. The molecule has 0 bridgehead atoms. The van der Waals surface area contributed by atoms with Crippen molar-refractivity contribution in [2.75, 3.05) is 23.8 Å². The first-order chi connectivity index (χ1) is 10.2. The SMILES string of the molecule is CCC(CC)N(CCO)c1snc(N)c1-c1ccncc1. The summed E-state index contributed by atoms with van der Waals surface area (Å²) < 4.78 is 4.32. The van der Waals surface area contributed by atoms with Crippen molar-refractivity contribution in [3.05, 3.63) is 24.5 Å². The van der Waals surface area contributed by atoms with Crippen molar-refractivity contribution in [2.45, 2.75) is 32.7 Å². The topological polar surface area (TPSA) is 75.3 Å². The number of hydrogen-bond acceptors (Lipinski definition) is 6. The average Bonchev–Trinajstić information content (AvgIpc) is 2.90. The van der Waals surface area contributed by atoms with Crippen molar-refractivity contribution in [1.29, 1.82) is 0 Å². The van der Waals surface area contributed by atoms with Gasteiger partial charge in [0, 0.05) is 25.0 Å². The summed E-state index contributed by atoms with van der Waals surface area (Å²) in [5, 5.41) is 10.4. The van der Waals surface area contributed by atoms with Gasteiger partial charge in [0.2, 0.25) is 0 Å². The van der Waals surface area contributed by atoms with E-state index in [-0.39, 0.29) is 6.61 Å². The van der Waals surface area contributed by atoms with E-state index in [2.05, 4.69) is 28.1 Å². The van der Waals surface area contributed by atoms with Gasteiger partial charge in [-0.2, -0.15) is 4.37 Å². The molecule has 2 aromatic rings. The van der Waals surface area contributed by atoms with E-state index >= 15 is 0 Å². The molecule has 2 rings (SSSR count). The van der Waals surface area contributed by atoms with Gasteiger partial charge in [0.1, 0.15) is 10.8 Å². The Morgan fingerprint density at radius 2 is 1.95 bits per heavy atom. The number of nitrogens with zero attached hydrogens (tertiary/aromatic N) is 3. The van der Waals surface area contributed by atoms with E-state index in [1.54, 1.807) is 12.4 Å². The summed E-state index contributed by atoms with van der Waals surface area (Å²) in [7, 11) is 0. The highest BCUT2D eigenvalue weighted by atomic mass is 32.1. The first kappa shape index (κ1) is 15.7. The zero-order chi connectivity index (χ0) is 15.2. The molecule has 0 fully saturated rings. The van der Waals surface area contributed by atoms with Crippen LogP contribution in [0.3, 0.4) is 0 Å². The molecule has 0 aliphatic carbocycles. The van der Waals surface area contributed by atoms with Gasteiger partial charge in [-0.05, 0) is 42.1 Å². The number of aliphatic hydroxyl groups excluding tert-OH is 1. The monoisotopic (exact) mass is 306 g/mol. The van der Waals surface area contributed by atoms with Gasteiger partial charge in [0.05, 0.1) is 12.2 Å². The van der Waals surface area contributed by atoms with Gasteiger partial charge in [-0.1, -0.05) is 13.8 Å². The summed E-state index contributed by atoms with van der Waals surface area (Å²) in [6.45, 7) is 5.03. The number of hydrogen-bond donors (Lipinski definition) is 2. The number of rotatable bonds is 7. The molecule has 2 aromatic heterocycles. The molecule has 5 nitrogen and oxygen atoms in total. The minimum absolute atomic E-state index is 0.115. The lowest BCUT2D eigenvalue weighted by molar-refractivity contribution is 0.296. The second kappa shape index (κ2) is 7.38. The number of nitrogens with two attached hydrogens (primary N) is 1. The van der Waals surface area contributed by atoms with Crippen LogP contribution in [0.2, 0.25) is 0 Å². The Morgan fingerprint density at radius 1 is 1.29 bits per heavy atom. The first-order valence-corrected chi connectivity index (χ1v) is 8.03. The van der Waals surface area contributed by atoms with Crippen molar-refractivity contribution in [2.24, 2.45) is 0 Å². The molecule has 0 aromatic carbocycles. The predicted octanol–water partition coefficient (Wildman–Crippen LogP) is 2.77. The minimum atomic E-state index is 0.115. The molecule has 2 heterocycles. The maximum atomic E-state index is 9.41. The van der Waals surface area contributed by atoms with E-state index in [1.807, 2.05) is 12.1 Å². The van der Waals surface area contributed by atoms with Crippen LogP contribution in [0.1, 0.15) is 26.7 Å². The van der Waals surface area contributed by atoms with Gasteiger partial charge in [-0.3, -0.25) is 4.98 Å². The molecule has 0 saturated heterocycles. The molecule has 0 atom stereocenters. The molecule has 0 aliphatic heterocycles. The Labute approximate surface area is 129 Å². The molecule has 3 N–H and O–H groups in total. The van der Waals surface area contributed by atoms with Crippen LogP contribution < -0.4 is 10.6 Å². The van der Waals surface area contributed by atoms with Crippen molar-refractivity contribution in [3.63, 3.8) is 0 Å². The maximum Gasteiger partial charge on any atom is 0.147 e. The number of nitrogen functional groups attached to an aromatic ring is 1. The van der Waals surface area contributed by atoms with Gasteiger partial charge in [0.15, 0.2) is 0 Å². The van der Waals surface area contributed by atoms with E-state index < -0.39 is 0 Å². The summed E-state index contributed by atoms with van der Waals surface area (Å²) in [6.07, 6.45) is 5.54. The minimum Gasteiger partial charge on any atom is -0.395 e. The van der Waals surface area contributed by atoms with Crippen molar-refractivity contribution in [3.8, 4) is 11.1 Å². The third kappa shape index (κ3) is 3.33. The second-order valence-corrected chi connectivity index (χ2v) is 5.62. The molecular weight excluding hydrogens is 284 g/mol. The van der Waals surface area contributed by atoms with Crippen LogP contribution in [0, 0.1) is 0 Å². The fraction of sp³-hybridized carbons (Fsp3) is 0.467. The van der Waals surface area contributed by atoms with E-state index in [0.717, 1.165) is 29.0 Å². The number of aliphatic hydroxyl groups is 1. The Kier molecular flexibility index (Phi) is 5.52. The van der Waals surface area contributed by atoms with Gasteiger partial charge in [0.25, 0.3) is 0 Å². The quantitative estimate of drug-likeness (QED) is 0.822. The van der Waals surface area contributed by atoms with Crippen LogP contribution in [0.25, 0.3) is 11.1 Å². The zero-order valence-electron chi connectivity index (χ0n) is 12.5. The lowest BCUT2D eigenvalue weighted by Gasteiger charge is -2.31. The lowest BCUT2D eigenvalue weighted by Crippen LogP contribution is -2.36. The highest BCUT2D eigenvalue weighted by Crippen LogP contribution is 2.40.